The smallest absolute Gasteiger partial charge is 0.103 e. The number of piperidine rings is 1. The standard InChI is InChI=1S/C32H41ClN8O/c1-31(2,3)40-13-11-24(12-14-40)41-19-27(38-39-41)29(21-9-7-6-8-10-21)37-23-15-25-28(36-20-32(4,5)42)22(17-34)18-35-30(25)26(33)16-23/h6-10,15-16,18-19,24,29,37-39,42H,11-14,20H2,1-5H3,(H,35,36)/t29-/m0/s1. The van der Waals surface area contributed by atoms with Gasteiger partial charge in [-0.2, -0.15) is 5.26 Å². The number of likely N-dealkylation sites (tertiary alicyclic amines) is 1. The zero-order valence-corrected chi connectivity index (χ0v) is 25.8. The van der Waals surface area contributed by atoms with Gasteiger partial charge in [-0.1, -0.05) is 41.9 Å². The van der Waals surface area contributed by atoms with Crippen LogP contribution in [0.4, 0.5) is 11.4 Å². The molecule has 1 saturated heterocycles. The van der Waals surface area contributed by atoms with E-state index >= 15 is 0 Å². The molecule has 0 spiro atoms. The van der Waals surface area contributed by atoms with Crippen molar-refractivity contribution in [3.63, 3.8) is 0 Å². The Morgan fingerprint density at radius 3 is 2.50 bits per heavy atom. The third kappa shape index (κ3) is 6.74. The van der Waals surface area contributed by atoms with E-state index in [-0.39, 0.29) is 18.1 Å². The molecule has 222 valence electrons. The van der Waals surface area contributed by atoms with Gasteiger partial charge in [0.1, 0.15) is 6.07 Å². The van der Waals surface area contributed by atoms with Crippen LogP contribution in [0.2, 0.25) is 5.02 Å². The number of hydrazine groups is 2. The number of nitriles is 1. The van der Waals surface area contributed by atoms with E-state index in [1.807, 2.05) is 30.3 Å². The number of nitrogens with one attached hydrogen (secondary N) is 4. The van der Waals surface area contributed by atoms with Crippen molar-refractivity contribution in [3.8, 4) is 6.07 Å². The monoisotopic (exact) mass is 588 g/mol. The predicted molar refractivity (Wildman–Crippen MR) is 170 cm³/mol. The van der Waals surface area contributed by atoms with Gasteiger partial charge in [0.05, 0.1) is 39.1 Å². The molecule has 0 unspecified atom stereocenters. The van der Waals surface area contributed by atoms with Gasteiger partial charge in [0, 0.05) is 54.7 Å². The van der Waals surface area contributed by atoms with Gasteiger partial charge in [-0.15, -0.1) is 5.53 Å². The van der Waals surface area contributed by atoms with E-state index in [0.29, 0.717) is 33.2 Å². The van der Waals surface area contributed by atoms with Crippen molar-refractivity contribution in [3.05, 3.63) is 76.7 Å². The Balaban J connectivity index is 1.45. The summed E-state index contributed by atoms with van der Waals surface area (Å²) in [6.07, 6.45) is 5.83. The van der Waals surface area contributed by atoms with Gasteiger partial charge in [0.15, 0.2) is 0 Å². The summed E-state index contributed by atoms with van der Waals surface area (Å²) in [7, 11) is 0. The number of nitrogens with zero attached hydrogens (tertiary/aromatic N) is 4. The molecule has 3 heterocycles. The second-order valence-corrected chi connectivity index (χ2v) is 13.2. The van der Waals surface area contributed by atoms with E-state index in [2.05, 4.69) is 81.7 Å². The topological polar surface area (TPSA) is 112 Å². The molecule has 0 bridgehead atoms. The van der Waals surface area contributed by atoms with Gasteiger partial charge < -0.3 is 21.2 Å². The zero-order chi connectivity index (χ0) is 30.1. The maximum Gasteiger partial charge on any atom is 0.103 e. The Hall–Kier alpha value is -3.55. The van der Waals surface area contributed by atoms with E-state index in [4.69, 9.17) is 11.6 Å². The molecule has 2 aliphatic heterocycles. The first kappa shape index (κ1) is 29.9. The number of fused-ring (bicyclic) bond motifs is 1. The minimum Gasteiger partial charge on any atom is -0.389 e. The van der Waals surface area contributed by atoms with Gasteiger partial charge in [-0.05, 0) is 65.2 Å². The molecular weight excluding hydrogens is 548 g/mol. The molecule has 9 nitrogen and oxygen atoms in total. The van der Waals surface area contributed by atoms with Crippen LogP contribution < -0.4 is 21.6 Å². The van der Waals surface area contributed by atoms with Gasteiger partial charge in [0.2, 0.25) is 0 Å². The fourth-order valence-corrected chi connectivity index (χ4v) is 5.85. The molecular formula is C32H41ClN8O. The molecule has 10 heteroatoms. The lowest BCUT2D eigenvalue weighted by Crippen LogP contribution is -2.52. The van der Waals surface area contributed by atoms with Crippen molar-refractivity contribution in [2.45, 2.75) is 70.7 Å². The fraction of sp³-hybridized carbons (Fsp3) is 0.438. The molecule has 5 rings (SSSR count). The van der Waals surface area contributed by atoms with Crippen molar-refractivity contribution in [1.29, 1.82) is 5.26 Å². The van der Waals surface area contributed by atoms with E-state index in [0.717, 1.165) is 42.9 Å². The molecule has 0 amide bonds. The average Bonchev–Trinajstić information content (AvgIpc) is 3.44. The number of benzene rings is 2. The van der Waals surface area contributed by atoms with Gasteiger partial charge >= 0.3 is 0 Å². The summed E-state index contributed by atoms with van der Waals surface area (Å²) in [5, 5.41) is 30.4. The van der Waals surface area contributed by atoms with Gasteiger partial charge in [-0.25, -0.2) is 0 Å². The lowest BCUT2D eigenvalue weighted by Gasteiger charge is -2.42. The number of aliphatic hydroxyl groups is 1. The molecule has 1 aromatic heterocycles. The summed E-state index contributed by atoms with van der Waals surface area (Å²) in [5.41, 5.74) is 10.4. The summed E-state index contributed by atoms with van der Waals surface area (Å²) < 4.78 is 0. The van der Waals surface area contributed by atoms with E-state index in [9.17, 15) is 10.4 Å². The van der Waals surface area contributed by atoms with Crippen molar-refractivity contribution in [2.24, 2.45) is 0 Å². The summed E-state index contributed by atoms with van der Waals surface area (Å²) in [4.78, 5) is 7.01. The van der Waals surface area contributed by atoms with E-state index in [1.165, 1.54) is 6.20 Å². The highest BCUT2D eigenvalue weighted by atomic mass is 35.5. The Kier molecular flexibility index (Phi) is 8.53. The first-order valence-electron chi connectivity index (χ1n) is 14.5. The highest BCUT2D eigenvalue weighted by molar-refractivity contribution is 6.35. The van der Waals surface area contributed by atoms with Crippen LogP contribution in [0.25, 0.3) is 10.9 Å². The molecule has 0 saturated carbocycles. The molecule has 1 atom stereocenters. The minimum atomic E-state index is -0.969. The Labute approximate surface area is 253 Å². The first-order chi connectivity index (χ1) is 19.9. The van der Waals surface area contributed by atoms with Crippen LogP contribution >= 0.6 is 11.6 Å². The number of hydrogen-bond acceptors (Lipinski definition) is 9. The summed E-state index contributed by atoms with van der Waals surface area (Å²) in [6.45, 7) is 12.7. The molecule has 3 aromatic rings. The van der Waals surface area contributed by atoms with Gasteiger partial charge in [0.25, 0.3) is 0 Å². The second kappa shape index (κ2) is 12.0. The lowest BCUT2D eigenvalue weighted by molar-refractivity contribution is 0.0570. The first-order valence-corrected chi connectivity index (χ1v) is 14.9. The summed E-state index contributed by atoms with van der Waals surface area (Å²) >= 11 is 6.76. The lowest BCUT2D eigenvalue weighted by atomic mass is 9.98. The number of rotatable bonds is 8. The van der Waals surface area contributed by atoms with Crippen LogP contribution in [-0.2, 0) is 0 Å². The van der Waals surface area contributed by atoms with Crippen LogP contribution in [-0.4, -0.2) is 56.8 Å². The van der Waals surface area contributed by atoms with Crippen molar-refractivity contribution < 1.29 is 5.11 Å². The largest absolute Gasteiger partial charge is 0.389 e. The number of halogens is 1. The maximum atomic E-state index is 10.3. The number of anilines is 2. The number of aromatic nitrogens is 1. The fourth-order valence-electron chi connectivity index (χ4n) is 5.58. The third-order valence-corrected chi connectivity index (χ3v) is 8.20. The molecule has 42 heavy (non-hydrogen) atoms. The van der Waals surface area contributed by atoms with Crippen LogP contribution in [0.1, 0.15) is 64.6 Å². The Bertz CT molecular complexity index is 1480. The van der Waals surface area contributed by atoms with E-state index in [1.54, 1.807) is 13.8 Å². The van der Waals surface area contributed by atoms with E-state index < -0.39 is 5.60 Å². The number of pyridine rings is 1. The zero-order valence-electron chi connectivity index (χ0n) is 25.0. The number of hydrogen-bond donors (Lipinski definition) is 5. The molecule has 1 fully saturated rings. The van der Waals surface area contributed by atoms with Crippen molar-refractivity contribution >= 4 is 33.9 Å². The van der Waals surface area contributed by atoms with Crippen molar-refractivity contribution in [1.82, 2.24) is 25.9 Å². The minimum absolute atomic E-state index is 0.180. The maximum absolute atomic E-state index is 10.3. The average molecular weight is 589 g/mol. The predicted octanol–water partition coefficient (Wildman–Crippen LogP) is 5.52. The van der Waals surface area contributed by atoms with Crippen molar-refractivity contribution in [2.75, 3.05) is 30.3 Å². The molecule has 0 aliphatic carbocycles. The van der Waals surface area contributed by atoms with Gasteiger partial charge in [-0.3, -0.25) is 14.9 Å². The second-order valence-electron chi connectivity index (χ2n) is 12.8. The molecule has 2 aliphatic rings. The molecule has 5 N–H and O–H groups in total. The Morgan fingerprint density at radius 1 is 1.14 bits per heavy atom. The van der Waals surface area contributed by atoms with Crippen LogP contribution in [0.5, 0.6) is 0 Å². The highest BCUT2D eigenvalue weighted by Crippen LogP contribution is 2.36. The van der Waals surface area contributed by atoms with Crippen LogP contribution in [0.3, 0.4) is 0 Å². The summed E-state index contributed by atoms with van der Waals surface area (Å²) in [6, 6.07) is 16.5. The normalized spacial score (nSPS) is 17.5. The Morgan fingerprint density at radius 2 is 1.86 bits per heavy atom. The SMILES string of the molecule is CC(C)(O)CNc1c(C#N)cnc2c(Cl)cc(N[C@H](C3=CN(C4CCN(C(C)(C)C)CC4)NN3)c3ccccc3)cc12. The summed E-state index contributed by atoms with van der Waals surface area (Å²) in [5.74, 6) is 0. The molecule has 0 radical (unpaired) electrons. The molecule has 2 aromatic carbocycles. The third-order valence-electron chi connectivity index (χ3n) is 7.91. The quantitative estimate of drug-likeness (QED) is 0.232. The van der Waals surface area contributed by atoms with Crippen LogP contribution in [0.15, 0.2) is 60.6 Å². The highest BCUT2D eigenvalue weighted by Gasteiger charge is 2.32. The van der Waals surface area contributed by atoms with Crippen LogP contribution in [0, 0.1) is 11.3 Å².